The number of benzene rings is 1. The first-order valence-electron chi connectivity index (χ1n) is 9.05. The number of amides is 1. The van der Waals surface area contributed by atoms with Crippen LogP contribution in [-0.4, -0.2) is 48.5 Å². The predicted molar refractivity (Wildman–Crippen MR) is 130 cm³/mol. The second-order valence-corrected chi connectivity index (χ2v) is 7.30. The van der Waals surface area contributed by atoms with Gasteiger partial charge in [0.25, 0.3) is 5.91 Å². The number of carbonyl (C=O) groups excluding carboxylic acids is 1. The van der Waals surface area contributed by atoms with Gasteiger partial charge in [-0.05, 0) is 53.0 Å². The highest BCUT2D eigenvalue weighted by Gasteiger charge is 2.10. The Morgan fingerprint density at radius 1 is 1.32 bits per heavy atom. The first-order valence-corrected chi connectivity index (χ1v) is 9.85. The second kappa shape index (κ2) is 12.1. The molecule has 0 spiro atoms. The molecule has 0 radical (unpaired) electrons. The van der Waals surface area contributed by atoms with Crippen LogP contribution in [0.2, 0.25) is 0 Å². The Morgan fingerprint density at radius 2 is 2.07 bits per heavy atom. The molecule has 0 bridgehead atoms. The molecule has 2 aromatic rings. The molecule has 8 heteroatoms. The highest BCUT2D eigenvalue weighted by atomic mass is 127. The summed E-state index contributed by atoms with van der Waals surface area (Å²) in [6, 6.07) is 9.80. The van der Waals surface area contributed by atoms with Gasteiger partial charge in [-0.2, -0.15) is 0 Å². The number of guanidine groups is 1. The lowest BCUT2D eigenvalue weighted by molar-refractivity contribution is 0.0963. The third-order valence-corrected chi connectivity index (χ3v) is 4.68. The van der Waals surface area contributed by atoms with Gasteiger partial charge in [0.15, 0.2) is 5.96 Å². The molecular formula is C20H29BrIN5O. The van der Waals surface area contributed by atoms with Gasteiger partial charge in [-0.1, -0.05) is 12.1 Å². The number of carbonyl (C=O) groups is 1. The number of nitrogens with one attached hydrogen (secondary N) is 2. The lowest BCUT2D eigenvalue weighted by Gasteiger charge is -2.22. The van der Waals surface area contributed by atoms with E-state index in [-0.39, 0.29) is 29.9 Å². The number of nitrogens with zero attached hydrogens (tertiary/aromatic N) is 3. The van der Waals surface area contributed by atoms with E-state index >= 15 is 0 Å². The van der Waals surface area contributed by atoms with Crippen molar-refractivity contribution in [3.8, 4) is 0 Å². The van der Waals surface area contributed by atoms with Crippen LogP contribution in [0.5, 0.6) is 0 Å². The summed E-state index contributed by atoms with van der Waals surface area (Å²) in [6.07, 6.45) is 2.83. The van der Waals surface area contributed by atoms with Crippen molar-refractivity contribution in [1.29, 1.82) is 0 Å². The summed E-state index contributed by atoms with van der Waals surface area (Å²) in [5, 5.41) is 6.00. The maximum atomic E-state index is 11.8. The Balaban J connectivity index is 0.00000392. The van der Waals surface area contributed by atoms with Crippen LogP contribution in [0.1, 0.15) is 28.5 Å². The average molecular weight is 562 g/mol. The highest BCUT2D eigenvalue weighted by molar-refractivity contribution is 14.0. The minimum atomic E-state index is -0.0675. The zero-order chi connectivity index (χ0) is 19.8. The normalized spacial score (nSPS) is 11.0. The van der Waals surface area contributed by atoms with E-state index in [4.69, 9.17) is 4.99 Å². The number of hydrogen-bond donors (Lipinski definition) is 2. The van der Waals surface area contributed by atoms with E-state index in [0.29, 0.717) is 12.1 Å². The summed E-state index contributed by atoms with van der Waals surface area (Å²) in [5.41, 5.74) is 2.98. The maximum Gasteiger partial charge on any atom is 0.251 e. The highest BCUT2D eigenvalue weighted by Crippen LogP contribution is 2.15. The maximum absolute atomic E-state index is 11.8. The first kappa shape index (κ1) is 24.5. The molecule has 1 aromatic carbocycles. The molecule has 2 N–H and O–H groups in total. The van der Waals surface area contributed by atoms with Crippen molar-refractivity contribution in [3.63, 3.8) is 0 Å². The number of aliphatic imine (C=N–C) groups is 1. The second-order valence-electron chi connectivity index (χ2n) is 6.38. The number of halogens is 2. The summed E-state index contributed by atoms with van der Waals surface area (Å²) in [5.74, 6) is 0.805. The molecular weight excluding hydrogens is 533 g/mol. The molecule has 0 aliphatic heterocycles. The zero-order valence-corrected chi connectivity index (χ0v) is 20.7. The van der Waals surface area contributed by atoms with Crippen molar-refractivity contribution in [2.75, 3.05) is 27.2 Å². The zero-order valence-electron chi connectivity index (χ0n) is 16.8. The van der Waals surface area contributed by atoms with E-state index in [1.165, 1.54) is 5.69 Å². The van der Waals surface area contributed by atoms with Crippen LogP contribution < -0.4 is 10.6 Å². The van der Waals surface area contributed by atoms with Gasteiger partial charge < -0.3 is 20.1 Å². The van der Waals surface area contributed by atoms with Crippen LogP contribution >= 0.6 is 39.9 Å². The van der Waals surface area contributed by atoms with Crippen LogP contribution in [0.4, 0.5) is 0 Å². The molecule has 1 heterocycles. The van der Waals surface area contributed by atoms with Crippen molar-refractivity contribution >= 4 is 51.8 Å². The van der Waals surface area contributed by atoms with E-state index in [9.17, 15) is 4.79 Å². The Hall–Kier alpha value is -1.55. The smallest absolute Gasteiger partial charge is 0.251 e. The Morgan fingerprint density at radius 3 is 2.68 bits per heavy atom. The van der Waals surface area contributed by atoms with Gasteiger partial charge in [-0.25, -0.2) is 0 Å². The molecule has 0 saturated heterocycles. The molecule has 154 valence electrons. The predicted octanol–water partition coefficient (Wildman–Crippen LogP) is 3.41. The van der Waals surface area contributed by atoms with Gasteiger partial charge in [0, 0.05) is 56.2 Å². The largest absolute Gasteiger partial charge is 0.357 e. The van der Waals surface area contributed by atoms with Gasteiger partial charge in [-0.15, -0.1) is 24.0 Å². The average Bonchev–Trinajstić information content (AvgIpc) is 2.97. The van der Waals surface area contributed by atoms with E-state index in [2.05, 4.69) is 49.0 Å². The number of rotatable bonds is 7. The molecule has 0 atom stereocenters. The Bertz CT molecular complexity index is 806. The standard InChI is InChI=1S/C20H28BrN5O.HI/c1-5-23-20(26(4)14-18-12-17(21)13-25(18)3)24-10-9-15-7-6-8-16(11-15)19(27)22-2;/h6-8,11-13H,5,9-10,14H2,1-4H3,(H,22,27)(H,23,24);1H. The SMILES string of the molecule is CCNC(=NCCc1cccc(C(=O)NC)c1)N(C)Cc1cc(Br)cn1C.I. The molecule has 0 unspecified atom stereocenters. The summed E-state index contributed by atoms with van der Waals surface area (Å²) in [4.78, 5) is 18.6. The lowest BCUT2D eigenvalue weighted by atomic mass is 10.1. The van der Waals surface area contributed by atoms with Crippen molar-refractivity contribution in [3.05, 3.63) is 57.8 Å². The molecule has 1 amide bonds. The Labute approximate surface area is 192 Å². The fourth-order valence-corrected chi connectivity index (χ4v) is 3.39. The molecule has 0 fully saturated rings. The molecule has 1 aromatic heterocycles. The fraction of sp³-hybridized carbons (Fsp3) is 0.400. The summed E-state index contributed by atoms with van der Waals surface area (Å²) >= 11 is 3.52. The van der Waals surface area contributed by atoms with Crippen LogP contribution in [0.3, 0.4) is 0 Å². The van der Waals surface area contributed by atoms with E-state index in [1.54, 1.807) is 7.05 Å². The van der Waals surface area contributed by atoms with Crippen molar-refractivity contribution in [2.24, 2.45) is 12.0 Å². The summed E-state index contributed by atoms with van der Waals surface area (Å²) in [6.45, 7) is 4.29. The molecule has 0 aliphatic carbocycles. The molecule has 2 rings (SSSR count). The van der Waals surface area contributed by atoms with E-state index in [0.717, 1.165) is 35.5 Å². The molecule has 0 aliphatic rings. The lowest BCUT2D eigenvalue weighted by Crippen LogP contribution is -2.39. The first-order chi connectivity index (χ1) is 12.9. The molecule has 6 nitrogen and oxygen atoms in total. The van der Waals surface area contributed by atoms with Crippen molar-refractivity contribution in [2.45, 2.75) is 19.9 Å². The summed E-state index contributed by atoms with van der Waals surface area (Å²) < 4.78 is 3.18. The minimum Gasteiger partial charge on any atom is -0.357 e. The minimum absolute atomic E-state index is 0. The fourth-order valence-electron chi connectivity index (χ4n) is 2.81. The van der Waals surface area contributed by atoms with E-state index < -0.39 is 0 Å². The Kier molecular flexibility index (Phi) is 10.6. The van der Waals surface area contributed by atoms with Gasteiger partial charge >= 0.3 is 0 Å². The van der Waals surface area contributed by atoms with Gasteiger partial charge in [0.05, 0.1) is 6.54 Å². The third-order valence-electron chi connectivity index (χ3n) is 4.25. The van der Waals surface area contributed by atoms with Crippen LogP contribution in [-0.2, 0) is 20.0 Å². The van der Waals surface area contributed by atoms with E-state index in [1.807, 2.05) is 44.6 Å². The van der Waals surface area contributed by atoms with Crippen molar-refractivity contribution < 1.29 is 4.79 Å². The van der Waals surface area contributed by atoms with Crippen LogP contribution in [0.25, 0.3) is 0 Å². The van der Waals surface area contributed by atoms with Crippen LogP contribution in [0, 0.1) is 0 Å². The summed E-state index contributed by atoms with van der Waals surface area (Å²) in [7, 11) is 5.72. The third kappa shape index (κ3) is 7.12. The number of hydrogen-bond acceptors (Lipinski definition) is 2. The van der Waals surface area contributed by atoms with Crippen LogP contribution in [0.15, 0.2) is 46.0 Å². The quantitative estimate of drug-likeness (QED) is 0.309. The van der Waals surface area contributed by atoms with Gasteiger partial charge in [0.1, 0.15) is 0 Å². The monoisotopic (exact) mass is 561 g/mol. The van der Waals surface area contributed by atoms with Gasteiger partial charge in [-0.3, -0.25) is 9.79 Å². The number of aryl methyl sites for hydroxylation is 1. The molecule has 0 saturated carbocycles. The van der Waals surface area contributed by atoms with Crippen molar-refractivity contribution in [1.82, 2.24) is 20.1 Å². The topological polar surface area (TPSA) is 61.7 Å². The van der Waals surface area contributed by atoms with Gasteiger partial charge in [0.2, 0.25) is 0 Å². The number of aromatic nitrogens is 1. The molecule has 28 heavy (non-hydrogen) atoms.